The summed E-state index contributed by atoms with van der Waals surface area (Å²) in [6.07, 6.45) is 1.93. The summed E-state index contributed by atoms with van der Waals surface area (Å²) in [7, 11) is 0. The third-order valence-electron chi connectivity index (χ3n) is 4.24. The summed E-state index contributed by atoms with van der Waals surface area (Å²) in [5.74, 6) is 0.235. The highest BCUT2D eigenvalue weighted by atomic mass is 16.6. The minimum Gasteiger partial charge on any atom is -0.444 e. The molecule has 1 saturated heterocycles. The van der Waals surface area contributed by atoms with E-state index in [1.54, 1.807) is 4.90 Å². The van der Waals surface area contributed by atoms with E-state index < -0.39 is 5.60 Å². The maximum Gasteiger partial charge on any atom is 0.410 e. The van der Waals surface area contributed by atoms with Gasteiger partial charge in [0.25, 0.3) is 0 Å². The van der Waals surface area contributed by atoms with Crippen molar-refractivity contribution in [1.29, 1.82) is 0 Å². The molecule has 5 nitrogen and oxygen atoms in total. The van der Waals surface area contributed by atoms with Gasteiger partial charge in [-0.05, 0) is 40.5 Å². The Bertz CT molecular complexity index is 422. The maximum atomic E-state index is 12.4. The molecule has 2 rings (SSSR count). The van der Waals surface area contributed by atoms with E-state index in [2.05, 4.69) is 0 Å². The molecule has 0 radical (unpaired) electrons. The maximum absolute atomic E-state index is 12.4. The van der Waals surface area contributed by atoms with Crippen LogP contribution >= 0.6 is 0 Å². The van der Waals surface area contributed by atoms with Crippen LogP contribution in [0.4, 0.5) is 4.79 Å². The Morgan fingerprint density at radius 1 is 1.29 bits per heavy atom. The molecule has 2 atom stereocenters. The van der Waals surface area contributed by atoms with E-state index in [1.165, 1.54) is 0 Å². The fourth-order valence-corrected chi connectivity index (χ4v) is 2.62. The summed E-state index contributed by atoms with van der Waals surface area (Å²) in [6, 6.07) is -0.285. The molecule has 1 amide bonds. The monoisotopic (exact) mass is 297 g/mol. The van der Waals surface area contributed by atoms with E-state index in [1.807, 2.05) is 34.6 Å². The second-order valence-electron chi connectivity index (χ2n) is 7.62. The normalized spacial score (nSPS) is 28.1. The van der Waals surface area contributed by atoms with E-state index in [0.29, 0.717) is 19.6 Å². The predicted molar refractivity (Wildman–Crippen MR) is 79.1 cm³/mol. The number of hydrogen-bond acceptors (Lipinski definition) is 4. The van der Waals surface area contributed by atoms with Crippen LogP contribution in [0.15, 0.2) is 0 Å². The SMILES string of the molecule is CC1COCC(CC(=O)C2(C)CC2)N1C(=O)OC(C)(C)C. The number of nitrogens with zero attached hydrogens (tertiary/aromatic N) is 1. The highest BCUT2D eigenvalue weighted by Gasteiger charge is 2.46. The minimum absolute atomic E-state index is 0.0709. The summed E-state index contributed by atoms with van der Waals surface area (Å²) < 4.78 is 11.0. The highest BCUT2D eigenvalue weighted by molar-refractivity contribution is 5.87. The number of carbonyl (C=O) groups is 2. The van der Waals surface area contributed by atoms with Gasteiger partial charge >= 0.3 is 6.09 Å². The first kappa shape index (κ1) is 16.3. The summed E-state index contributed by atoms with van der Waals surface area (Å²) >= 11 is 0. The average Bonchev–Trinajstić information content (AvgIpc) is 3.06. The lowest BCUT2D eigenvalue weighted by atomic mass is 9.96. The summed E-state index contributed by atoms with van der Waals surface area (Å²) in [4.78, 5) is 26.4. The summed E-state index contributed by atoms with van der Waals surface area (Å²) in [6.45, 7) is 10.4. The van der Waals surface area contributed by atoms with Crippen molar-refractivity contribution in [1.82, 2.24) is 4.90 Å². The Kier molecular flexibility index (Phi) is 4.34. The first-order chi connectivity index (χ1) is 9.62. The zero-order valence-corrected chi connectivity index (χ0v) is 13.8. The van der Waals surface area contributed by atoms with Crippen molar-refractivity contribution in [3.8, 4) is 0 Å². The van der Waals surface area contributed by atoms with E-state index >= 15 is 0 Å². The van der Waals surface area contributed by atoms with Gasteiger partial charge in [-0.1, -0.05) is 6.92 Å². The largest absolute Gasteiger partial charge is 0.444 e. The Hall–Kier alpha value is -1.10. The van der Waals surface area contributed by atoms with Crippen LogP contribution in [0.2, 0.25) is 0 Å². The number of morpholine rings is 1. The molecule has 0 bridgehead atoms. The second-order valence-corrected chi connectivity index (χ2v) is 7.62. The topological polar surface area (TPSA) is 55.8 Å². The van der Waals surface area contributed by atoms with Crippen LogP contribution in [0, 0.1) is 5.41 Å². The van der Waals surface area contributed by atoms with Crippen LogP contribution in [-0.2, 0) is 14.3 Å². The van der Waals surface area contributed by atoms with E-state index in [4.69, 9.17) is 9.47 Å². The van der Waals surface area contributed by atoms with E-state index in [9.17, 15) is 9.59 Å². The van der Waals surface area contributed by atoms with Crippen LogP contribution in [0.5, 0.6) is 0 Å². The molecule has 5 heteroatoms. The number of Topliss-reactive ketones (excluding diaryl/α,β-unsaturated/α-hetero) is 1. The molecule has 0 N–H and O–H groups in total. The lowest BCUT2D eigenvalue weighted by molar-refractivity contribution is -0.127. The van der Waals surface area contributed by atoms with Gasteiger partial charge in [0.2, 0.25) is 0 Å². The first-order valence-electron chi connectivity index (χ1n) is 7.75. The number of hydrogen-bond donors (Lipinski definition) is 0. The smallest absolute Gasteiger partial charge is 0.410 e. The van der Waals surface area contributed by atoms with Crippen LogP contribution in [-0.4, -0.2) is 47.7 Å². The van der Waals surface area contributed by atoms with Crippen LogP contribution < -0.4 is 0 Å². The standard InChI is InChI=1S/C16H27NO4/c1-11-9-20-10-12(8-13(18)16(5)6-7-16)17(11)14(19)21-15(2,3)4/h11-12H,6-10H2,1-5H3. The van der Waals surface area contributed by atoms with Gasteiger partial charge in [0.05, 0.1) is 25.3 Å². The van der Waals surface area contributed by atoms with Crippen LogP contribution in [0.3, 0.4) is 0 Å². The molecule has 0 aromatic rings. The minimum atomic E-state index is -0.536. The quantitative estimate of drug-likeness (QED) is 0.804. The van der Waals surface area contributed by atoms with Crippen molar-refractivity contribution >= 4 is 11.9 Å². The second kappa shape index (κ2) is 5.59. The number of carbonyl (C=O) groups excluding carboxylic acids is 2. The van der Waals surface area contributed by atoms with Gasteiger partial charge in [0.1, 0.15) is 11.4 Å². The Labute approximate surface area is 127 Å². The third-order valence-corrected chi connectivity index (χ3v) is 4.24. The van der Waals surface area contributed by atoms with Gasteiger partial charge in [0, 0.05) is 11.8 Å². The lowest BCUT2D eigenvalue weighted by Gasteiger charge is -2.41. The molecule has 2 aliphatic rings. The summed E-state index contributed by atoms with van der Waals surface area (Å²) in [5.41, 5.74) is -0.702. The fourth-order valence-electron chi connectivity index (χ4n) is 2.62. The van der Waals surface area contributed by atoms with E-state index in [0.717, 1.165) is 12.8 Å². The molecule has 1 heterocycles. The molecule has 1 aliphatic carbocycles. The molecular formula is C16H27NO4. The molecule has 21 heavy (non-hydrogen) atoms. The van der Waals surface area contributed by atoms with Crippen molar-refractivity contribution in [3.63, 3.8) is 0 Å². The zero-order chi connectivity index (χ0) is 15.8. The number of amides is 1. The highest BCUT2D eigenvalue weighted by Crippen LogP contribution is 2.47. The van der Waals surface area contributed by atoms with Crippen LogP contribution in [0.25, 0.3) is 0 Å². The Balaban J connectivity index is 2.06. The van der Waals surface area contributed by atoms with Gasteiger partial charge in [-0.25, -0.2) is 4.79 Å². The van der Waals surface area contributed by atoms with Crippen LogP contribution in [0.1, 0.15) is 53.9 Å². The zero-order valence-electron chi connectivity index (χ0n) is 13.8. The number of ketones is 1. The Morgan fingerprint density at radius 2 is 1.90 bits per heavy atom. The first-order valence-corrected chi connectivity index (χ1v) is 7.75. The Morgan fingerprint density at radius 3 is 2.43 bits per heavy atom. The fraction of sp³-hybridized carbons (Fsp3) is 0.875. The molecule has 120 valence electrons. The number of rotatable bonds is 3. The third kappa shape index (κ3) is 3.96. The molecule has 1 saturated carbocycles. The van der Waals surface area contributed by atoms with Gasteiger partial charge in [-0.2, -0.15) is 0 Å². The molecule has 0 aromatic carbocycles. The molecular weight excluding hydrogens is 270 g/mol. The summed E-state index contributed by atoms with van der Waals surface area (Å²) in [5, 5.41) is 0. The molecule has 0 aromatic heterocycles. The molecule has 1 aliphatic heterocycles. The van der Waals surface area contributed by atoms with Crippen molar-refractivity contribution in [3.05, 3.63) is 0 Å². The van der Waals surface area contributed by atoms with Crippen molar-refractivity contribution < 1.29 is 19.1 Å². The predicted octanol–water partition coefficient (Wildman–Crippen LogP) is 2.77. The lowest BCUT2D eigenvalue weighted by Crippen LogP contribution is -2.55. The number of ether oxygens (including phenoxy) is 2. The molecule has 2 fully saturated rings. The van der Waals surface area contributed by atoms with E-state index in [-0.39, 0.29) is 29.4 Å². The van der Waals surface area contributed by atoms with Crippen molar-refractivity contribution in [2.24, 2.45) is 5.41 Å². The van der Waals surface area contributed by atoms with Crippen molar-refractivity contribution in [2.75, 3.05) is 13.2 Å². The van der Waals surface area contributed by atoms with Crippen molar-refractivity contribution in [2.45, 2.75) is 71.6 Å². The molecule has 2 unspecified atom stereocenters. The van der Waals surface area contributed by atoms with Gasteiger partial charge < -0.3 is 9.47 Å². The van der Waals surface area contributed by atoms with Gasteiger partial charge in [0.15, 0.2) is 0 Å². The van der Waals surface area contributed by atoms with Gasteiger partial charge in [-0.3, -0.25) is 9.69 Å². The van der Waals surface area contributed by atoms with Gasteiger partial charge in [-0.15, -0.1) is 0 Å². The average molecular weight is 297 g/mol. The molecule has 0 spiro atoms.